The zero-order chi connectivity index (χ0) is 20.8. The monoisotopic (exact) mass is 393 g/mol. The lowest BCUT2D eigenvalue weighted by molar-refractivity contribution is -0.130. The number of methoxy groups -OCH3 is 3. The van der Waals surface area contributed by atoms with Crippen LogP contribution in [0.5, 0.6) is 17.2 Å². The fourth-order valence-electron chi connectivity index (χ4n) is 3.57. The summed E-state index contributed by atoms with van der Waals surface area (Å²) in [6.07, 6.45) is 2.32. The molecular weight excluding hydrogens is 362 g/mol. The van der Waals surface area contributed by atoms with Crippen LogP contribution in [0.3, 0.4) is 0 Å². The molecule has 156 valence electrons. The number of nitrogens with one attached hydrogen (secondary N) is 1. The summed E-state index contributed by atoms with van der Waals surface area (Å²) < 4.78 is 21.1. The van der Waals surface area contributed by atoms with Gasteiger partial charge in [0.05, 0.1) is 26.9 Å². The molecule has 7 nitrogen and oxygen atoms in total. The Balaban J connectivity index is 2.06. The minimum absolute atomic E-state index is 0.110. The molecule has 1 aliphatic rings. The van der Waals surface area contributed by atoms with E-state index in [9.17, 15) is 9.59 Å². The molecule has 0 bridgehead atoms. The number of carbonyl (C=O) groups excluding carboxylic acids is 2. The summed E-state index contributed by atoms with van der Waals surface area (Å²) in [5, 5.41) is 3.03. The van der Waals surface area contributed by atoms with Crippen LogP contribution >= 0.6 is 0 Å². The van der Waals surface area contributed by atoms with E-state index < -0.39 is 12.1 Å². The average Bonchev–Trinajstić information content (AvgIpc) is 2.69. The maximum Gasteiger partial charge on any atom is 0.339 e. The van der Waals surface area contributed by atoms with E-state index in [0.29, 0.717) is 29.1 Å². The van der Waals surface area contributed by atoms with Gasteiger partial charge in [0.25, 0.3) is 5.91 Å². The molecule has 0 unspecified atom stereocenters. The lowest BCUT2D eigenvalue weighted by Crippen LogP contribution is -2.47. The molecule has 28 heavy (non-hydrogen) atoms. The molecule has 1 aliphatic carbocycles. The Morgan fingerprint density at radius 3 is 2.18 bits per heavy atom. The van der Waals surface area contributed by atoms with Crippen LogP contribution in [0.25, 0.3) is 0 Å². The number of amides is 1. The van der Waals surface area contributed by atoms with E-state index in [1.165, 1.54) is 39.9 Å². The van der Waals surface area contributed by atoms with Crippen molar-refractivity contribution in [2.75, 3.05) is 21.3 Å². The van der Waals surface area contributed by atoms with E-state index in [2.05, 4.69) is 19.2 Å². The van der Waals surface area contributed by atoms with Crippen molar-refractivity contribution in [2.24, 2.45) is 11.8 Å². The molecule has 0 aromatic heterocycles. The third-order valence-electron chi connectivity index (χ3n) is 5.59. The van der Waals surface area contributed by atoms with Crippen LogP contribution in [0, 0.1) is 11.8 Å². The lowest BCUT2D eigenvalue weighted by atomic mass is 9.78. The zero-order valence-electron chi connectivity index (χ0n) is 17.5. The SMILES string of the molecule is COc1cc(C(=O)O[C@H](C)C(=O)N[C@H]2CCC[C@@H](C)[C@H]2C)cc(OC)c1OC. The molecule has 7 heteroatoms. The molecule has 0 heterocycles. The number of rotatable bonds is 7. The predicted octanol–water partition coefficient (Wildman–Crippen LogP) is 3.20. The van der Waals surface area contributed by atoms with Gasteiger partial charge in [0.2, 0.25) is 5.75 Å². The van der Waals surface area contributed by atoms with Crippen molar-refractivity contribution < 1.29 is 28.5 Å². The third kappa shape index (κ3) is 4.88. The standard InChI is InChI=1S/C21H31NO6/c1-12-8-7-9-16(13(12)2)22-20(23)14(3)28-21(24)15-10-17(25-4)19(27-6)18(11-15)26-5/h10-14,16H,7-9H2,1-6H3,(H,22,23)/t12-,13-,14-,16+/m1/s1. The van der Waals surface area contributed by atoms with Gasteiger partial charge in [-0.3, -0.25) is 4.79 Å². The first-order valence-electron chi connectivity index (χ1n) is 9.63. The Bertz CT molecular complexity index is 679. The maximum atomic E-state index is 12.5. The average molecular weight is 393 g/mol. The third-order valence-corrected chi connectivity index (χ3v) is 5.59. The van der Waals surface area contributed by atoms with Gasteiger partial charge in [0, 0.05) is 6.04 Å². The topological polar surface area (TPSA) is 83.1 Å². The molecular formula is C21H31NO6. The van der Waals surface area contributed by atoms with Crippen molar-refractivity contribution in [1.29, 1.82) is 0 Å². The highest BCUT2D eigenvalue weighted by atomic mass is 16.5. The number of esters is 1. The van der Waals surface area contributed by atoms with E-state index in [1.807, 2.05) is 0 Å². The van der Waals surface area contributed by atoms with Gasteiger partial charge >= 0.3 is 5.97 Å². The summed E-state index contributed by atoms with van der Waals surface area (Å²) in [5.41, 5.74) is 0.216. The lowest BCUT2D eigenvalue weighted by Gasteiger charge is -2.35. The first kappa shape index (κ1) is 21.9. The highest BCUT2D eigenvalue weighted by Crippen LogP contribution is 2.38. The second kappa shape index (κ2) is 9.66. The quantitative estimate of drug-likeness (QED) is 0.717. The van der Waals surface area contributed by atoms with Crippen LogP contribution in [0.15, 0.2) is 12.1 Å². The molecule has 1 saturated carbocycles. The molecule has 2 rings (SSSR count). The van der Waals surface area contributed by atoms with Gasteiger partial charge in [0.15, 0.2) is 17.6 Å². The van der Waals surface area contributed by atoms with Crippen LogP contribution in [0.2, 0.25) is 0 Å². The minimum Gasteiger partial charge on any atom is -0.493 e. The van der Waals surface area contributed by atoms with E-state index in [4.69, 9.17) is 18.9 Å². The zero-order valence-corrected chi connectivity index (χ0v) is 17.5. The van der Waals surface area contributed by atoms with Crippen LogP contribution in [0.4, 0.5) is 0 Å². The molecule has 1 amide bonds. The second-order valence-corrected chi connectivity index (χ2v) is 7.34. The summed E-state index contributed by atoms with van der Waals surface area (Å²) in [6.45, 7) is 5.93. The molecule has 1 aromatic carbocycles. The van der Waals surface area contributed by atoms with Gasteiger partial charge in [-0.25, -0.2) is 4.79 Å². The maximum absolute atomic E-state index is 12.5. The van der Waals surface area contributed by atoms with Gasteiger partial charge < -0.3 is 24.3 Å². The number of benzene rings is 1. The normalized spacial score (nSPS) is 22.7. The van der Waals surface area contributed by atoms with Crippen LogP contribution in [-0.2, 0) is 9.53 Å². The summed E-state index contributed by atoms with van der Waals surface area (Å²) in [4.78, 5) is 25.1. The summed E-state index contributed by atoms with van der Waals surface area (Å²) in [7, 11) is 4.42. The number of carbonyl (C=O) groups is 2. The van der Waals surface area contributed by atoms with E-state index in [-0.39, 0.29) is 17.5 Å². The van der Waals surface area contributed by atoms with Crippen molar-refractivity contribution >= 4 is 11.9 Å². The Labute approximate surface area is 166 Å². The van der Waals surface area contributed by atoms with Gasteiger partial charge in [-0.05, 0) is 37.3 Å². The highest BCUT2D eigenvalue weighted by Gasteiger charge is 2.30. The predicted molar refractivity (Wildman–Crippen MR) is 105 cm³/mol. The van der Waals surface area contributed by atoms with Gasteiger partial charge in [0.1, 0.15) is 0 Å². The summed E-state index contributed by atoms with van der Waals surface area (Å²) in [6, 6.07) is 3.11. The van der Waals surface area contributed by atoms with E-state index in [1.54, 1.807) is 6.92 Å². The fraction of sp³-hybridized carbons (Fsp3) is 0.619. The Hall–Kier alpha value is -2.44. The van der Waals surface area contributed by atoms with Crippen molar-refractivity contribution in [3.8, 4) is 17.2 Å². The van der Waals surface area contributed by atoms with Crippen LogP contribution < -0.4 is 19.5 Å². The first-order valence-corrected chi connectivity index (χ1v) is 9.63. The number of hydrogen-bond acceptors (Lipinski definition) is 6. The molecule has 0 saturated heterocycles. The van der Waals surface area contributed by atoms with Gasteiger partial charge in [-0.1, -0.05) is 26.7 Å². The van der Waals surface area contributed by atoms with Crippen molar-refractivity contribution in [2.45, 2.75) is 52.2 Å². The fourth-order valence-corrected chi connectivity index (χ4v) is 3.57. The van der Waals surface area contributed by atoms with Gasteiger partial charge in [-0.2, -0.15) is 0 Å². The molecule has 0 aliphatic heterocycles. The number of ether oxygens (including phenoxy) is 4. The summed E-state index contributed by atoms with van der Waals surface area (Å²) >= 11 is 0. The molecule has 4 atom stereocenters. The first-order chi connectivity index (χ1) is 13.3. The molecule has 1 fully saturated rings. The largest absolute Gasteiger partial charge is 0.493 e. The molecule has 0 radical (unpaired) electrons. The van der Waals surface area contributed by atoms with Crippen molar-refractivity contribution in [3.63, 3.8) is 0 Å². The van der Waals surface area contributed by atoms with Crippen LogP contribution in [-0.4, -0.2) is 45.4 Å². The van der Waals surface area contributed by atoms with Crippen LogP contribution in [0.1, 0.15) is 50.4 Å². The van der Waals surface area contributed by atoms with E-state index >= 15 is 0 Å². The Morgan fingerprint density at radius 1 is 1.04 bits per heavy atom. The Kier molecular flexibility index (Phi) is 7.54. The molecule has 1 N–H and O–H groups in total. The highest BCUT2D eigenvalue weighted by molar-refractivity contribution is 5.93. The minimum atomic E-state index is -0.906. The smallest absolute Gasteiger partial charge is 0.339 e. The van der Waals surface area contributed by atoms with Crippen molar-refractivity contribution in [1.82, 2.24) is 5.32 Å². The van der Waals surface area contributed by atoms with Gasteiger partial charge in [-0.15, -0.1) is 0 Å². The van der Waals surface area contributed by atoms with Crippen molar-refractivity contribution in [3.05, 3.63) is 17.7 Å². The summed E-state index contributed by atoms with van der Waals surface area (Å²) in [5.74, 6) is 1.12. The number of hydrogen-bond donors (Lipinski definition) is 1. The van der Waals surface area contributed by atoms with E-state index in [0.717, 1.165) is 12.8 Å². The molecule has 0 spiro atoms. The molecule has 1 aromatic rings. The second-order valence-electron chi connectivity index (χ2n) is 7.34. The Morgan fingerprint density at radius 2 is 1.64 bits per heavy atom.